The van der Waals surface area contributed by atoms with Gasteiger partial charge < -0.3 is 40.1 Å². The molecular formula is C46H66O8. The number of aliphatic hydroxyl groups excluding tert-OH is 5. The molecule has 1 aliphatic carbocycles. The van der Waals surface area contributed by atoms with E-state index in [1.54, 1.807) is 32.9 Å². The van der Waals surface area contributed by atoms with Gasteiger partial charge in [0.2, 0.25) is 0 Å². The van der Waals surface area contributed by atoms with Crippen molar-refractivity contribution >= 4 is 0 Å². The smallest absolute Gasteiger partial charge is 0.187 e. The largest absolute Gasteiger partial charge is 0.390 e. The summed E-state index contributed by atoms with van der Waals surface area (Å²) in [5.41, 5.74) is 5.69. The van der Waals surface area contributed by atoms with Gasteiger partial charge in [0.05, 0.1) is 17.8 Å². The summed E-state index contributed by atoms with van der Waals surface area (Å²) in [4.78, 5) is 0. The second kappa shape index (κ2) is 21.6. The Morgan fingerprint density at radius 2 is 1.15 bits per heavy atom. The molecule has 1 aliphatic heterocycles. The Labute approximate surface area is 324 Å². The Morgan fingerprint density at radius 3 is 1.63 bits per heavy atom. The Bertz CT molecular complexity index is 1610. The van der Waals surface area contributed by atoms with Gasteiger partial charge in [-0.15, -0.1) is 0 Å². The average molecular weight is 747 g/mol. The zero-order valence-electron chi connectivity index (χ0n) is 34.1. The summed E-state index contributed by atoms with van der Waals surface area (Å²) in [6.45, 7) is 20.9. The maximum atomic E-state index is 10.7. The minimum Gasteiger partial charge on any atom is -0.390 e. The maximum Gasteiger partial charge on any atom is 0.187 e. The van der Waals surface area contributed by atoms with E-state index < -0.39 is 54.6 Å². The molecule has 1 fully saturated rings. The molecule has 1 unspecified atom stereocenters. The van der Waals surface area contributed by atoms with Crippen molar-refractivity contribution in [2.24, 2.45) is 5.41 Å². The SMILES string of the molecule is CC1=C(/C=C/C(C)=C/C=C/C(C)=C/C=C/C=C(C)/C=C/C=C(C)/C=C/C=C(C)/C=C/[C@H](O[C@@H]2O[C@@H](C)[C@@H](O)[C@@H](O)[C@@H]2O)C(C)(C)O)C(C)(C)C[C@H](O)C1O. The first-order valence-corrected chi connectivity index (χ1v) is 18.7. The molecule has 6 N–H and O–H groups in total. The molecule has 0 radical (unpaired) electrons. The predicted molar refractivity (Wildman–Crippen MR) is 220 cm³/mol. The number of hydrogen-bond donors (Lipinski definition) is 6. The predicted octanol–water partition coefficient (Wildman–Crippen LogP) is 7.51. The summed E-state index contributed by atoms with van der Waals surface area (Å²) in [5, 5.41) is 61.5. The first-order valence-electron chi connectivity index (χ1n) is 18.7. The summed E-state index contributed by atoms with van der Waals surface area (Å²) in [7, 11) is 0. The van der Waals surface area contributed by atoms with E-state index in [-0.39, 0.29) is 5.41 Å². The van der Waals surface area contributed by atoms with E-state index in [1.165, 1.54) is 0 Å². The van der Waals surface area contributed by atoms with E-state index in [2.05, 4.69) is 51.2 Å². The Balaban J connectivity index is 1.91. The van der Waals surface area contributed by atoms with E-state index >= 15 is 0 Å². The minimum absolute atomic E-state index is 0.198. The Morgan fingerprint density at radius 1 is 0.704 bits per heavy atom. The van der Waals surface area contributed by atoms with Gasteiger partial charge in [-0.1, -0.05) is 145 Å². The second-order valence-corrected chi connectivity index (χ2v) is 15.8. The standard InChI is InChI=1S/C46H66O8/c1-30(17-12-13-18-31(2)20-15-23-33(4)25-27-37-35(6)40(48)38(47)29-45(37,8)9)19-14-21-32(3)22-16-24-34(5)26-28-39(46(10,11)52)54-44-43(51)42(50)41(49)36(7)53-44/h12-28,36,38-44,47-52H,29H2,1-11H3/b13-12+,19-14+,20-15+,22-16+,27-25+,28-26+,30-17+,31-18+,32-21+,33-23+,34-24+/t36-,38-,39-,40?,41+,42+,43-,44-/m0/s1. The van der Waals surface area contributed by atoms with Gasteiger partial charge in [0.25, 0.3) is 0 Å². The first kappa shape index (κ1) is 46.7. The van der Waals surface area contributed by atoms with Crippen molar-refractivity contribution in [3.05, 3.63) is 142 Å². The zero-order chi connectivity index (χ0) is 40.8. The van der Waals surface area contributed by atoms with Crippen molar-refractivity contribution in [3.63, 3.8) is 0 Å². The van der Waals surface area contributed by atoms with Crippen molar-refractivity contribution in [1.29, 1.82) is 0 Å². The topological polar surface area (TPSA) is 140 Å². The van der Waals surface area contributed by atoms with Gasteiger partial charge in [-0.2, -0.15) is 0 Å². The summed E-state index contributed by atoms with van der Waals surface area (Å²) in [6, 6.07) is 0. The van der Waals surface area contributed by atoms with Crippen LogP contribution in [0.1, 0.15) is 82.6 Å². The van der Waals surface area contributed by atoms with Gasteiger partial charge in [-0.25, -0.2) is 0 Å². The molecule has 2 aliphatic rings. The van der Waals surface area contributed by atoms with Crippen LogP contribution in [0.25, 0.3) is 0 Å². The van der Waals surface area contributed by atoms with Crippen LogP contribution in [0.2, 0.25) is 0 Å². The highest BCUT2D eigenvalue weighted by molar-refractivity contribution is 5.39. The van der Waals surface area contributed by atoms with E-state index in [0.717, 1.165) is 39.0 Å². The Kier molecular flexibility index (Phi) is 18.7. The highest BCUT2D eigenvalue weighted by Crippen LogP contribution is 2.41. The van der Waals surface area contributed by atoms with Gasteiger partial charge in [-0.3, -0.25) is 0 Å². The van der Waals surface area contributed by atoms with Crippen LogP contribution in [-0.2, 0) is 9.47 Å². The maximum absolute atomic E-state index is 10.7. The molecule has 8 atom stereocenters. The molecule has 0 bridgehead atoms. The van der Waals surface area contributed by atoms with Gasteiger partial charge in [-0.05, 0) is 85.3 Å². The quantitative estimate of drug-likeness (QED) is 0.0948. The summed E-state index contributed by atoms with van der Waals surface area (Å²) in [5.74, 6) is 0. The molecule has 54 heavy (non-hydrogen) atoms. The third-order valence-corrected chi connectivity index (χ3v) is 9.50. The monoisotopic (exact) mass is 746 g/mol. The minimum atomic E-state index is -1.46. The van der Waals surface area contributed by atoms with Crippen molar-refractivity contribution in [2.75, 3.05) is 0 Å². The number of allylic oxidation sites excluding steroid dienone is 22. The van der Waals surface area contributed by atoms with Crippen molar-refractivity contribution < 1.29 is 40.1 Å². The van der Waals surface area contributed by atoms with Crippen molar-refractivity contribution in [2.45, 2.75) is 137 Å². The number of ether oxygens (including phenoxy) is 2. The fourth-order valence-corrected chi connectivity index (χ4v) is 6.00. The normalized spacial score (nSPS) is 29.4. The van der Waals surface area contributed by atoms with E-state index in [0.29, 0.717) is 6.42 Å². The highest BCUT2D eigenvalue weighted by Gasteiger charge is 2.44. The zero-order valence-corrected chi connectivity index (χ0v) is 34.1. The van der Waals surface area contributed by atoms with E-state index in [4.69, 9.17) is 9.47 Å². The molecule has 298 valence electrons. The van der Waals surface area contributed by atoms with Gasteiger partial charge in [0, 0.05) is 0 Å². The van der Waals surface area contributed by atoms with E-state index in [1.807, 2.05) is 95.4 Å². The third-order valence-electron chi connectivity index (χ3n) is 9.50. The molecule has 1 saturated heterocycles. The average Bonchev–Trinajstić information content (AvgIpc) is 3.07. The van der Waals surface area contributed by atoms with Crippen molar-refractivity contribution in [1.82, 2.24) is 0 Å². The van der Waals surface area contributed by atoms with Crippen LogP contribution in [0.4, 0.5) is 0 Å². The fourth-order valence-electron chi connectivity index (χ4n) is 6.00. The van der Waals surface area contributed by atoms with Crippen LogP contribution < -0.4 is 0 Å². The molecule has 2 rings (SSSR count). The lowest BCUT2D eigenvalue weighted by molar-refractivity contribution is -0.309. The number of rotatable bonds is 15. The van der Waals surface area contributed by atoms with Crippen LogP contribution in [0.5, 0.6) is 0 Å². The lowest BCUT2D eigenvalue weighted by atomic mass is 9.70. The molecule has 1 heterocycles. The molecule has 0 aromatic carbocycles. The summed E-state index contributed by atoms with van der Waals surface area (Å²) < 4.78 is 11.4. The van der Waals surface area contributed by atoms with Gasteiger partial charge in [0.1, 0.15) is 30.5 Å². The highest BCUT2D eigenvalue weighted by atomic mass is 16.7. The lowest BCUT2D eigenvalue weighted by Gasteiger charge is -2.41. The molecular weight excluding hydrogens is 680 g/mol. The summed E-state index contributed by atoms with van der Waals surface area (Å²) in [6.07, 6.45) is 25.9. The molecule has 0 spiro atoms. The van der Waals surface area contributed by atoms with Crippen molar-refractivity contribution in [3.8, 4) is 0 Å². The lowest BCUT2D eigenvalue weighted by Crippen LogP contribution is -2.58. The first-order chi connectivity index (χ1) is 25.1. The van der Waals surface area contributed by atoms with Crippen LogP contribution in [0, 0.1) is 5.41 Å². The molecule has 0 amide bonds. The molecule has 8 nitrogen and oxygen atoms in total. The van der Waals surface area contributed by atoms with Gasteiger partial charge >= 0.3 is 0 Å². The molecule has 0 aromatic heterocycles. The Hall–Kier alpha value is -3.44. The molecule has 0 aromatic rings. The third kappa shape index (κ3) is 15.4. The molecule has 0 saturated carbocycles. The number of aliphatic hydroxyl groups is 6. The number of hydrogen-bond acceptors (Lipinski definition) is 8. The van der Waals surface area contributed by atoms with Crippen LogP contribution in [0.3, 0.4) is 0 Å². The second-order valence-electron chi connectivity index (χ2n) is 15.8. The van der Waals surface area contributed by atoms with E-state index in [9.17, 15) is 30.6 Å². The van der Waals surface area contributed by atoms with Gasteiger partial charge in [0.15, 0.2) is 6.29 Å². The van der Waals surface area contributed by atoms with Crippen LogP contribution in [0.15, 0.2) is 142 Å². The summed E-state index contributed by atoms with van der Waals surface area (Å²) >= 11 is 0. The molecule has 8 heteroatoms. The van der Waals surface area contributed by atoms with Crippen LogP contribution in [-0.4, -0.2) is 85.3 Å². The fraction of sp³-hybridized carbons (Fsp3) is 0.478. The van der Waals surface area contributed by atoms with Crippen LogP contribution >= 0.6 is 0 Å².